The first-order chi connectivity index (χ1) is 13.0. The topological polar surface area (TPSA) is 80.4 Å². The van der Waals surface area contributed by atoms with Crippen LogP contribution in [0.15, 0.2) is 59.1 Å². The van der Waals surface area contributed by atoms with Crippen LogP contribution in [0, 0.1) is 0 Å². The van der Waals surface area contributed by atoms with E-state index < -0.39 is 11.9 Å². The van der Waals surface area contributed by atoms with E-state index in [2.05, 4.69) is 15.9 Å². The molecule has 0 atom stereocenters. The van der Waals surface area contributed by atoms with Crippen LogP contribution in [0.1, 0.15) is 20.7 Å². The molecule has 0 unspecified atom stereocenters. The smallest absolute Gasteiger partial charge is 0.336 e. The quantitative estimate of drug-likeness (QED) is 0.302. The molecular formula is C22H12BrNO3. The first-order valence-corrected chi connectivity index (χ1v) is 9.13. The summed E-state index contributed by atoms with van der Waals surface area (Å²) < 4.78 is 0.939. The summed E-state index contributed by atoms with van der Waals surface area (Å²) >= 11 is 3.59. The third-order valence-electron chi connectivity index (χ3n) is 5.19. The van der Waals surface area contributed by atoms with Crippen molar-refractivity contribution in [1.29, 1.82) is 0 Å². The number of primary amides is 1. The van der Waals surface area contributed by atoms with E-state index in [1.165, 1.54) is 6.07 Å². The summed E-state index contributed by atoms with van der Waals surface area (Å²) in [5.74, 6) is -1.91. The van der Waals surface area contributed by atoms with Crippen LogP contribution in [0.5, 0.6) is 0 Å². The zero-order chi connectivity index (χ0) is 18.9. The number of nitrogens with two attached hydrogens (primary N) is 1. The second-order valence-corrected chi connectivity index (χ2v) is 7.42. The number of hydrogen-bond donors (Lipinski definition) is 2. The van der Waals surface area contributed by atoms with Gasteiger partial charge in [0.25, 0.3) is 0 Å². The number of halogens is 1. The number of rotatable bonds is 2. The first kappa shape index (κ1) is 16.0. The Balaban J connectivity index is 2.26. The van der Waals surface area contributed by atoms with Gasteiger partial charge >= 0.3 is 5.97 Å². The molecule has 130 valence electrons. The maximum Gasteiger partial charge on any atom is 0.336 e. The van der Waals surface area contributed by atoms with Crippen molar-refractivity contribution in [3.8, 4) is 0 Å². The Bertz CT molecular complexity index is 1440. The highest BCUT2D eigenvalue weighted by molar-refractivity contribution is 9.10. The lowest BCUT2D eigenvalue weighted by molar-refractivity contribution is 0.0692. The van der Waals surface area contributed by atoms with Crippen molar-refractivity contribution in [2.75, 3.05) is 0 Å². The van der Waals surface area contributed by atoms with Gasteiger partial charge in [0.15, 0.2) is 0 Å². The van der Waals surface area contributed by atoms with Crippen molar-refractivity contribution in [3.63, 3.8) is 0 Å². The number of hydrogen-bond acceptors (Lipinski definition) is 2. The minimum Gasteiger partial charge on any atom is -0.478 e. The van der Waals surface area contributed by atoms with Gasteiger partial charge in [0.05, 0.1) is 11.1 Å². The summed E-state index contributed by atoms with van der Waals surface area (Å²) in [5, 5.41) is 16.8. The van der Waals surface area contributed by atoms with Gasteiger partial charge in [0, 0.05) is 9.86 Å². The molecule has 0 aliphatic heterocycles. The number of benzene rings is 5. The van der Waals surface area contributed by atoms with E-state index in [4.69, 9.17) is 5.73 Å². The third-order valence-corrected chi connectivity index (χ3v) is 5.88. The fraction of sp³-hybridized carbons (Fsp3) is 0. The van der Waals surface area contributed by atoms with Crippen LogP contribution >= 0.6 is 15.9 Å². The third kappa shape index (κ3) is 2.03. The van der Waals surface area contributed by atoms with Gasteiger partial charge in [-0.15, -0.1) is 0 Å². The monoisotopic (exact) mass is 417 g/mol. The molecule has 5 heteroatoms. The molecule has 5 aromatic rings. The van der Waals surface area contributed by atoms with Crippen LogP contribution in [0.25, 0.3) is 43.1 Å². The van der Waals surface area contributed by atoms with Crippen LogP contribution in [-0.2, 0) is 0 Å². The fourth-order valence-corrected chi connectivity index (χ4v) is 4.64. The van der Waals surface area contributed by atoms with Gasteiger partial charge in [-0.1, -0.05) is 58.4 Å². The highest BCUT2D eigenvalue weighted by Gasteiger charge is 2.24. The SMILES string of the molecule is NC(=O)c1c(C(=O)O)cc2cccc3c4ccc(Br)c5cccc(c1c23)c54. The highest BCUT2D eigenvalue weighted by Crippen LogP contribution is 2.43. The fourth-order valence-electron chi connectivity index (χ4n) is 4.18. The minimum absolute atomic E-state index is 0.0561. The van der Waals surface area contributed by atoms with E-state index >= 15 is 0 Å². The second kappa shape index (κ2) is 5.41. The molecule has 0 bridgehead atoms. The van der Waals surface area contributed by atoms with Crippen LogP contribution in [0.4, 0.5) is 0 Å². The molecule has 5 aromatic carbocycles. The number of aromatic carboxylic acids is 1. The van der Waals surface area contributed by atoms with Crippen molar-refractivity contribution >= 4 is 70.9 Å². The van der Waals surface area contributed by atoms with E-state index in [1.54, 1.807) is 0 Å². The average Bonchev–Trinajstić information content (AvgIpc) is 2.66. The average molecular weight is 418 g/mol. The van der Waals surface area contributed by atoms with Crippen LogP contribution in [0.2, 0.25) is 0 Å². The lowest BCUT2D eigenvalue weighted by Gasteiger charge is -2.18. The zero-order valence-electron chi connectivity index (χ0n) is 13.9. The molecular weight excluding hydrogens is 406 g/mol. The van der Waals surface area contributed by atoms with Crippen molar-refractivity contribution in [2.45, 2.75) is 0 Å². The number of carbonyl (C=O) groups excluding carboxylic acids is 1. The molecule has 3 N–H and O–H groups in total. The van der Waals surface area contributed by atoms with E-state index in [9.17, 15) is 14.7 Å². The van der Waals surface area contributed by atoms with E-state index in [0.29, 0.717) is 5.39 Å². The Labute approximate surface area is 161 Å². The molecule has 0 aliphatic carbocycles. The molecule has 0 spiro atoms. The Morgan fingerprint density at radius 1 is 0.815 bits per heavy atom. The molecule has 0 radical (unpaired) electrons. The molecule has 4 nitrogen and oxygen atoms in total. The van der Waals surface area contributed by atoms with Gasteiger partial charge in [-0.25, -0.2) is 4.79 Å². The number of carbonyl (C=O) groups is 2. The summed E-state index contributed by atoms with van der Waals surface area (Å²) in [7, 11) is 0. The number of carboxylic acid groups (broad SMARTS) is 1. The molecule has 0 fully saturated rings. The van der Waals surface area contributed by atoms with Crippen LogP contribution < -0.4 is 5.73 Å². The standard InChI is InChI=1S/C22H12BrNO3/c23-16-8-7-12-11-4-1-3-10-9-15(22(26)27)20(21(24)25)19(17(10)11)14-6-2-5-13(16)18(12)14/h1-9H,(H2,24,25)(H,26,27). The van der Waals surface area contributed by atoms with Crippen molar-refractivity contribution in [2.24, 2.45) is 5.73 Å². The lowest BCUT2D eigenvalue weighted by Crippen LogP contribution is -2.17. The number of amides is 1. The Morgan fingerprint density at radius 2 is 1.48 bits per heavy atom. The minimum atomic E-state index is -1.17. The summed E-state index contributed by atoms with van der Waals surface area (Å²) in [5.41, 5.74) is 5.64. The van der Waals surface area contributed by atoms with Gasteiger partial charge in [-0.2, -0.15) is 0 Å². The van der Waals surface area contributed by atoms with Gasteiger partial charge in [-0.05, 0) is 49.8 Å². The van der Waals surface area contributed by atoms with Gasteiger partial charge in [0.1, 0.15) is 0 Å². The molecule has 0 saturated heterocycles. The summed E-state index contributed by atoms with van der Waals surface area (Å²) in [4.78, 5) is 24.2. The molecule has 0 saturated carbocycles. The highest BCUT2D eigenvalue weighted by atomic mass is 79.9. The number of carboxylic acids is 1. The van der Waals surface area contributed by atoms with Crippen molar-refractivity contribution < 1.29 is 14.7 Å². The maximum atomic E-state index is 12.3. The molecule has 0 aromatic heterocycles. The van der Waals surface area contributed by atoms with Crippen LogP contribution in [-0.4, -0.2) is 17.0 Å². The van der Waals surface area contributed by atoms with E-state index in [0.717, 1.165) is 42.2 Å². The second-order valence-electron chi connectivity index (χ2n) is 6.57. The predicted molar refractivity (Wildman–Crippen MR) is 111 cm³/mol. The molecule has 5 rings (SSSR count). The summed E-state index contributed by atoms with van der Waals surface area (Å²) in [6.45, 7) is 0. The molecule has 0 heterocycles. The van der Waals surface area contributed by atoms with Crippen LogP contribution in [0.3, 0.4) is 0 Å². The Morgan fingerprint density at radius 3 is 2.22 bits per heavy atom. The van der Waals surface area contributed by atoms with Gasteiger partial charge in [-0.3, -0.25) is 4.79 Å². The zero-order valence-corrected chi connectivity index (χ0v) is 15.5. The summed E-state index contributed by atoms with van der Waals surface area (Å²) in [6.07, 6.45) is 0. The Kier molecular flexibility index (Phi) is 3.21. The molecule has 27 heavy (non-hydrogen) atoms. The van der Waals surface area contributed by atoms with Gasteiger partial charge in [0.2, 0.25) is 5.91 Å². The lowest BCUT2D eigenvalue weighted by atomic mass is 9.85. The van der Waals surface area contributed by atoms with E-state index in [-0.39, 0.29) is 11.1 Å². The first-order valence-electron chi connectivity index (χ1n) is 8.34. The molecule has 0 aliphatic rings. The summed E-state index contributed by atoms with van der Waals surface area (Å²) in [6, 6.07) is 17.2. The van der Waals surface area contributed by atoms with Gasteiger partial charge < -0.3 is 10.8 Å². The largest absolute Gasteiger partial charge is 0.478 e. The predicted octanol–water partition coefficient (Wildman–Crippen LogP) is 5.30. The Hall–Kier alpha value is -3.18. The van der Waals surface area contributed by atoms with Crippen molar-refractivity contribution in [3.05, 3.63) is 70.2 Å². The number of fused-ring (bicyclic) bond motifs is 2. The normalized spacial score (nSPS) is 11.7. The molecule has 1 amide bonds. The van der Waals surface area contributed by atoms with Crippen molar-refractivity contribution in [1.82, 2.24) is 0 Å². The maximum absolute atomic E-state index is 12.3. The van der Waals surface area contributed by atoms with E-state index in [1.807, 2.05) is 48.5 Å².